The highest BCUT2D eigenvalue weighted by Gasteiger charge is 2.13. The molecule has 1 heterocycles. The minimum Gasteiger partial charge on any atom is -0.334 e. The Morgan fingerprint density at radius 1 is 1.41 bits per heavy atom. The van der Waals surface area contributed by atoms with Gasteiger partial charge in [-0.2, -0.15) is 0 Å². The predicted molar refractivity (Wildman–Crippen MR) is 67.7 cm³/mol. The highest BCUT2D eigenvalue weighted by Crippen LogP contribution is 2.29. The van der Waals surface area contributed by atoms with Crippen LogP contribution in [0, 0.1) is 0 Å². The molecule has 0 saturated heterocycles. The molecule has 0 aliphatic heterocycles. The van der Waals surface area contributed by atoms with Crippen molar-refractivity contribution in [3.8, 4) is 11.4 Å². The zero-order chi connectivity index (χ0) is 12.3. The standard InChI is InChI=1S/C14H16N2O/c1-11(7-10-17)12-5-3-4-6-13(12)14-15-8-9-16(14)2/h3-6,8-11H,7H2,1-2H3. The normalized spacial score (nSPS) is 12.4. The number of hydrogen-bond acceptors (Lipinski definition) is 2. The molecule has 1 aromatic heterocycles. The smallest absolute Gasteiger partial charge is 0.139 e. The summed E-state index contributed by atoms with van der Waals surface area (Å²) in [6.45, 7) is 2.07. The van der Waals surface area contributed by atoms with E-state index in [1.165, 1.54) is 5.56 Å². The van der Waals surface area contributed by atoms with Crippen LogP contribution in [0.2, 0.25) is 0 Å². The molecule has 0 bridgehead atoms. The summed E-state index contributed by atoms with van der Waals surface area (Å²) in [6, 6.07) is 8.13. The second-order valence-corrected chi connectivity index (χ2v) is 4.25. The van der Waals surface area contributed by atoms with Crippen LogP contribution in [0.3, 0.4) is 0 Å². The molecule has 0 radical (unpaired) electrons. The monoisotopic (exact) mass is 228 g/mol. The summed E-state index contributed by atoms with van der Waals surface area (Å²) in [7, 11) is 1.98. The molecule has 88 valence electrons. The number of carbonyl (C=O) groups is 1. The average Bonchev–Trinajstić information content (AvgIpc) is 2.76. The molecule has 0 aliphatic carbocycles. The Morgan fingerprint density at radius 2 is 2.18 bits per heavy atom. The minimum absolute atomic E-state index is 0.223. The maximum Gasteiger partial charge on any atom is 0.139 e. The van der Waals surface area contributed by atoms with E-state index >= 15 is 0 Å². The van der Waals surface area contributed by atoms with Gasteiger partial charge < -0.3 is 9.36 Å². The molecule has 0 N–H and O–H groups in total. The van der Waals surface area contributed by atoms with E-state index in [2.05, 4.69) is 24.0 Å². The highest BCUT2D eigenvalue weighted by atomic mass is 16.1. The molecule has 3 nitrogen and oxygen atoms in total. The molecular weight excluding hydrogens is 212 g/mol. The van der Waals surface area contributed by atoms with Crippen LogP contribution in [0.5, 0.6) is 0 Å². The zero-order valence-electron chi connectivity index (χ0n) is 10.1. The Balaban J connectivity index is 2.48. The maximum atomic E-state index is 10.6. The van der Waals surface area contributed by atoms with Gasteiger partial charge in [-0.05, 0) is 11.5 Å². The SMILES string of the molecule is CC(CC=O)c1ccccc1-c1nccn1C. The van der Waals surface area contributed by atoms with Gasteiger partial charge in [0.15, 0.2) is 0 Å². The van der Waals surface area contributed by atoms with Crippen molar-refractivity contribution in [1.82, 2.24) is 9.55 Å². The van der Waals surface area contributed by atoms with Gasteiger partial charge in [0.25, 0.3) is 0 Å². The number of hydrogen-bond donors (Lipinski definition) is 0. The van der Waals surface area contributed by atoms with Gasteiger partial charge in [-0.25, -0.2) is 4.98 Å². The molecule has 0 saturated carbocycles. The second-order valence-electron chi connectivity index (χ2n) is 4.25. The lowest BCUT2D eigenvalue weighted by molar-refractivity contribution is -0.108. The van der Waals surface area contributed by atoms with Crippen LogP contribution in [0.4, 0.5) is 0 Å². The summed E-state index contributed by atoms with van der Waals surface area (Å²) in [5.74, 6) is 1.17. The van der Waals surface area contributed by atoms with Gasteiger partial charge in [-0.15, -0.1) is 0 Å². The molecule has 0 amide bonds. The third kappa shape index (κ3) is 2.28. The van der Waals surface area contributed by atoms with Gasteiger partial charge in [-0.1, -0.05) is 31.2 Å². The van der Waals surface area contributed by atoms with Gasteiger partial charge in [0.2, 0.25) is 0 Å². The molecular formula is C14H16N2O. The lowest BCUT2D eigenvalue weighted by Crippen LogP contribution is -2.00. The fraction of sp³-hybridized carbons (Fsp3) is 0.286. The lowest BCUT2D eigenvalue weighted by atomic mass is 9.93. The van der Waals surface area contributed by atoms with Crippen LogP contribution in [0.15, 0.2) is 36.7 Å². The summed E-state index contributed by atoms with van der Waals surface area (Å²) >= 11 is 0. The molecule has 0 fully saturated rings. The number of imidazole rings is 1. The fourth-order valence-electron chi connectivity index (χ4n) is 2.03. The summed E-state index contributed by atoms with van der Waals surface area (Å²) in [5, 5.41) is 0. The number of aryl methyl sites for hydroxylation is 1. The van der Waals surface area contributed by atoms with E-state index in [1.54, 1.807) is 6.20 Å². The first-order valence-corrected chi connectivity index (χ1v) is 5.74. The van der Waals surface area contributed by atoms with E-state index in [9.17, 15) is 4.79 Å². The minimum atomic E-state index is 0.223. The third-order valence-corrected chi connectivity index (χ3v) is 3.00. The summed E-state index contributed by atoms with van der Waals surface area (Å²) in [4.78, 5) is 15.0. The van der Waals surface area contributed by atoms with Crippen LogP contribution in [-0.4, -0.2) is 15.8 Å². The van der Waals surface area contributed by atoms with Crippen molar-refractivity contribution in [2.24, 2.45) is 7.05 Å². The molecule has 1 unspecified atom stereocenters. The van der Waals surface area contributed by atoms with Crippen molar-refractivity contribution in [3.05, 3.63) is 42.2 Å². The van der Waals surface area contributed by atoms with E-state index in [1.807, 2.05) is 29.9 Å². The number of aromatic nitrogens is 2. The van der Waals surface area contributed by atoms with Crippen molar-refractivity contribution in [2.75, 3.05) is 0 Å². The quantitative estimate of drug-likeness (QED) is 0.754. The first-order chi connectivity index (χ1) is 8.24. The van der Waals surface area contributed by atoms with Crippen molar-refractivity contribution in [3.63, 3.8) is 0 Å². The maximum absolute atomic E-state index is 10.6. The predicted octanol–water partition coefficient (Wildman–Crippen LogP) is 2.78. The first-order valence-electron chi connectivity index (χ1n) is 5.74. The van der Waals surface area contributed by atoms with E-state index in [0.29, 0.717) is 6.42 Å². The van der Waals surface area contributed by atoms with Crippen molar-refractivity contribution in [1.29, 1.82) is 0 Å². The van der Waals surface area contributed by atoms with E-state index in [-0.39, 0.29) is 5.92 Å². The second kappa shape index (κ2) is 4.95. The molecule has 2 rings (SSSR count). The Labute approximate surface area is 101 Å². The summed E-state index contributed by atoms with van der Waals surface area (Å²) in [5.41, 5.74) is 2.28. The average molecular weight is 228 g/mol. The number of aldehydes is 1. The van der Waals surface area contributed by atoms with Gasteiger partial charge >= 0.3 is 0 Å². The molecule has 1 atom stereocenters. The van der Waals surface area contributed by atoms with Gasteiger partial charge in [0, 0.05) is 31.4 Å². The fourth-order valence-corrected chi connectivity index (χ4v) is 2.03. The Kier molecular flexibility index (Phi) is 3.38. The number of nitrogens with zero attached hydrogens (tertiary/aromatic N) is 2. The molecule has 0 spiro atoms. The Morgan fingerprint density at radius 3 is 2.82 bits per heavy atom. The van der Waals surface area contributed by atoms with Gasteiger partial charge in [-0.3, -0.25) is 0 Å². The van der Waals surface area contributed by atoms with Gasteiger partial charge in [0.1, 0.15) is 12.1 Å². The Hall–Kier alpha value is -1.90. The van der Waals surface area contributed by atoms with Crippen molar-refractivity contribution in [2.45, 2.75) is 19.3 Å². The van der Waals surface area contributed by atoms with E-state index < -0.39 is 0 Å². The zero-order valence-corrected chi connectivity index (χ0v) is 10.1. The number of carbonyl (C=O) groups excluding carboxylic acids is 1. The van der Waals surface area contributed by atoms with Crippen molar-refractivity contribution < 1.29 is 4.79 Å². The largest absolute Gasteiger partial charge is 0.334 e. The first kappa shape index (κ1) is 11.6. The highest BCUT2D eigenvalue weighted by molar-refractivity contribution is 5.63. The number of rotatable bonds is 4. The van der Waals surface area contributed by atoms with Gasteiger partial charge in [0.05, 0.1) is 0 Å². The summed E-state index contributed by atoms with van der Waals surface area (Å²) < 4.78 is 1.99. The molecule has 1 aromatic carbocycles. The van der Waals surface area contributed by atoms with Crippen molar-refractivity contribution >= 4 is 6.29 Å². The van der Waals surface area contributed by atoms with Crippen LogP contribution in [-0.2, 0) is 11.8 Å². The summed E-state index contributed by atoms with van der Waals surface area (Å²) in [6.07, 6.45) is 5.23. The Bertz CT molecular complexity index is 516. The third-order valence-electron chi connectivity index (χ3n) is 3.00. The molecule has 2 aromatic rings. The number of benzene rings is 1. The topological polar surface area (TPSA) is 34.9 Å². The van der Waals surface area contributed by atoms with Crippen LogP contribution in [0.1, 0.15) is 24.8 Å². The molecule has 0 aliphatic rings. The van der Waals surface area contributed by atoms with Crippen LogP contribution < -0.4 is 0 Å². The van der Waals surface area contributed by atoms with Crippen LogP contribution >= 0.6 is 0 Å². The lowest BCUT2D eigenvalue weighted by Gasteiger charge is -2.14. The van der Waals surface area contributed by atoms with E-state index in [4.69, 9.17) is 0 Å². The molecule has 17 heavy (non-hydrogen) atoms. The van der Waals surface area contributed by atoms with E-state index in [0.717, 1.165) is 17.7 Å². The van der Waals surface area contributed by atoms with Crippen LogP contribution in [0.25, 0.3) is 11.4 Å². The molecule has 3 heteroatoms.